The standard InChI is InChI=1S/C12H15N5O/c1-16(2)9-4-5-10(11(18)8-9)14-15-12-6-7-13-17(12)3/h4-8,18H,1-3H3/b15-14+. The van der Waals surface area contributed by atoms with Crippen LogP contribution in [0.15, 0.2) is 40.7 Å². The van der Waals surface area contributed by atoms with Crippen molar-refractivity contribution in [3.63, 3.8) is 0 Å². The fourth-order valence-electron chi connectivity index (χ4n) is 1.44. The molecule has 1 aromatic carbocycles. The van der Waals surface area contributed by atoms with Crippen molar-refractivity contribution < 1.29 is 5.11 Å². The molecule has 0 atom stereocenters. The number of nitrogens with zero attached hydrogens (tertiary/aromatic N) is 5. The van der Waals surface area contributed by atoms with Gasteiger partial charge in [-0.15, -0.1) is 10.2 Å². The van der Waals surface area contributed by atoms with Crippen LogP contribution in [0.25, 0.3) is 0 Å². The Bertz CT molecular complexity index is 574. The van der Waals surface area contributed by atoms with Crippen molar-refractivity contribution in [2.45, 2.75) is 0 Å². The van der Waals surface area contributed by atoms with E-state index in [1.807, 2.05) is 25.1 Å². The topological polar surface area (TPSA) is 66.0 Å². The number of benzene rings is 1. The SMILES string of the molecule is CN(C)c1ccc(/N=N/c2ccnn2C)c(O)c1. The summed E-state index contributed by atoms with van der Waals surface area (Å²) in [7, 11) is 5.60. The summed E-state index contributed by atoms with van der Waals surface area (Å²) >= 11 is 0. The van der Waals surface area contributed by atoms with E-state index in [0.29, 0.717) is 11.5 Å². The van der Waals surface area contributed by atoms with Crippen LogP contribution in [0, 0.1) is 0 Å². The lowest BCUT2D eigenvalue weighted by molar-refractivity contribution is 0.476. The summed E-state index contributed by atoms with van der Waals surface area (Å²) in [5.74, 6) is 0.734. The van der Waals surface area contributed by atoms with Crippen LogP contribution in [0.3, 0.4) is 0 Å². The van der Waals surface area contributed by atoms with E-state index in [1.165, 1.54) is 0 Å². The van der Waals surface area contributed by atoms with Gasteiger partial charge < -0.3 is 10.0 Å². The third-order valence-corrected chi connectivity index (χ3v) is 2.53. The summed E-state index contributed by atoms with van der Waals surface area (Å²) in [5.41, 5.74) is 1.34. The van der Waals surface area contributed by atoms with Gasteiger partial charge in [-0.25, -0.2) is 4.68 Å². The van der Waals surface area contributed by atoms with E-state index in [-0.39, 0.29) is 5.75 Å². The first-order valence-electron chi connectivity index (χ1n) is 5.48. The molecule has 18 heavy (non-hydrogen) atoms. The largest absolute Gasteiger partial charge is 0.506 e. The molecular weight excluding hydrogens is 230 g/mol. The summed E-state index contributed by atoms with van der Waals surface area (Å²) in [5, 5.41) is 21.8. The Hall–Kier alpha value is -2.37. The second kappa shape index (κ2) is 4.87. The predicted molar refractivity (Wildman–Crippen MR) is 69.8 cm³/mol. The molecule has 0 aliphatic carbocycles. The molecule has 0 unspecified atom stereocenters. The molecule has 0 radical (unpaired) electrons. The molecule has 0 fully saturated rings. The van der Waals surface area contributed by atoms with Crippen LogP contribution in [-0.4, -0.2) is 29.0 Å². The zero-order chi connectivity index (χ0) is 13.1. The first-order valence-corrected chi connectivity index (χ1v) is 5.48. The Morgan fingerprint density at radius 3 is 2.56 bits per heavy atom. The maximum atomic E-state index is 9.84. The molecule has 0 saturated carbocycles. The van der Waals surface area contributed by atoms with Crippen LogP contribution in [0.2, 0.25) is 0 Å². The normalized spacial score (nSPS) is 11.1. The van der Waals surface area contributed by atoms with Crippen molar-refractivity contribution in [2.75, 3.05) is 19.0 Å². The van der Waals surface area contributed by atoms with Crippen LogP contribution in [0.4, 0.5) is 17.2 Å². The number of hydrogen-bond donors (Lipinski definition) is 1. The molecule has 0 saturated heterocycles. The van der Waals surface area contributed by atoms with Crippen LogP contribution < -0.4 is 4.90 Å². The van der Waals surface area contributed by atoms with Crippen molar-refractivity contribution in [2.24, 2.45) is 17.3 Å². The maximum absolute atomic E-state index is 9.84. The van der Waals surface area contributed by atoms with E-state index >= 15 is 0 Å². The summed E-state index contributed by atoms with van der Waals surface area (Å²) in [6.07, 6.45) is 1.64. The first-order chi connectivity index (χ1) is 8.58. The number of anilines is 1. The monoisotopic (exact) mass is 245 g/mol. The Labute approximate surface area is 105 Å². The second-order valence-electron chi connectivity index (χ2n) is 4.08. The van der Waals surface area contributed by atoms with Gasteiger partial charge in [0.15, 0.2) is 5.82 Å². The van der Waals surface area contributed by atoms with Gasteiger partial charge in [0, 0.05) is 39.0 Å². The van der Waals surface area contributed by atoms with Gasteiger partial charge in [-0.2, -0.15) is 5.10 Å². The van der Waals surface area contributed by atoms with Gasteiger partial charge in [0.05, 0.1) is 6.20 Å². The minimum atomic E-state index is 0.104. The fourth-order valence-corrected chi connectivity index (χ4v) is 1.44. The average molecular weight is 245 g/mol. The number of phenols is 1. The van der Waals surface area contributed by atoms with Gasteiger partial charge >= 0.3 is 0 Å². The number of rotatable bonds is 3. The lowest BCUT2D eigenvalue weighted by Gasteiger charge is -2.12. The highest BCUT2D eigenvalue weighted by molar-refractivity contribution is 5.60. The second-order valence-corrected chi connectivity index (χ2v) is 4.08. The molecule has 0 aliphatic rings. The van der Waals surface area contributed by atoms with Crippen LogP contribution in [0.5, 0.6) is 5.75 Å². The lowest BCUT2D eigenvalue weighted by Crippen LogP contribution is -2.07. The van der Waals surface area contributed by atoms with Crippen LogP contribution in [-0.2, 0) is 7.05 Å². The molecule has 2 rings (SSSR count). The molecule has 1 N–H and O–H groups in total. The summed E-state index contributed by atoms with van der Waals surface area (Å²) in [6, 6.07) is 6.99. The molecule has 0 bridgehead atoms. The number of aromatic nitrogens is 2. The van der Waals surface area contributed by atoms with E-state index in [1.54, 1.807) is 36.1 Å². The van der Waals surface area contributed by atoms with Gasteiger partial charge in [0.2, 0.25) is 0 Å². The molecule has 0 spiro atoms. The summed E-state index contributed by atoms with van der Waals surface area (Å²) in [6.45, 7) is 0. The average Bonchev–Trinajstić information content (AvgIpc) is 2.73. The van der Waals surface area contributed by atoms with Gasteiger partial charge in [-0.05, 0) is 12.1 Å². The zero-order valence-electron chi connectivity index (χ0n) is 10.6. The number of aryl methyl sites for hydroxylation is 1. The third kappa shape index (κ3) is 2.48. The maximum Gasteiger partial charge on any atom is 0.172 e. The minimum Gasteiger partial charge on any atom is -0.506 e. The van der Waals surface area contributed by atoms with Gasteiger partial charge in [0.1, 0.15) is 11.4 Å². The van der Waals surface area contributed by atoms with Gasteiger partial charge in [-0.3, -0.25) is 0 Å². The van der Waals surface area contributed by atoms with E-state index in [2.05, 4.69) is 15.3 Å². The number of azo groups is 1. The molecular formula is C12H15N5O. The third-order valence-electron chi connectivity index (χ3n) is 2.53. The molecule has 1 aromatic heterocycles. The van der Waals surface area contributed by atoms with E-state index in [0.717, 1.165) is 5.69 Å². The molecule has 1 heterocycles. The smallest absolute Gasteiger partial charge is 0.172 e. The van der Waals surface area contributed by atoms with Crippen molar-refractivity contribution in [3.05, 3.63) is 30.5 Å². The highest BCUT2D eigenvalue weighted by atomic mass is 16.3. The van der Waals surface area contributed by atoms with Crippen LogP contribution in [0.1, 0.15) is 0 Å². The van der Waals surface area contributed by atoms with Gasteiger partial charge in [0.25, 0.3) is 0 Å². The number of hydrogen-bond acceptors (Lipinski definition) is 5. The van der Waals surface area contributed by atoms with Crippen molar-refractivity contribution in [3.8, 4) is 5.75 Å². The molecule has 94 valence electrons. The zero-order valence-corrected chi connectivity index (χ0v) is 10.6. The Morgan fingerprint density at radius 2 is 2.00 bits per heavy atom. The van der Waals surface area contributed by atoms with E-state index < -0.39 is 0 Å². The van der Waals surface area contributed by atoms with Gasteiger partial charge in [-0.1, -0.05) is 0 Å². The van der Waals surface area contributed by atoms with Crippen molar-refractivity contribution >= 4 is 17.2 Å². The van der Waals surface area contributed by atoms with Crippen molar-refractivity contribution in [1.82, 2.24) is 9.78 Å². The van der Waals surface area contributed by atoms with Crippen molar-refractivity contribution in [1.29, 1.82) is 0 Å². The van der Waals surface area contributed by atoms with E-state index in [4.69, 9.17) is 0 Å². The number of aromatic hydroxyl groups is 1. The lowest BCUT2D eigenvalue weighted by atomic mass is 10.2. The molecule has 2 aromatic rings. The quantitative estimate of drug-likeness (QED) is 0.845. The minimum absolute atomic E-state index is 0.104. The fraction of sp³-hybridized carbons (Fsp3) is 0.250. The molecule has 6 nitrogen and oxygen atoms in total. The predicted octanol–water partition coefficient (Wildman–Crippen LogP) is 2.61. The van der Waals surface area contributed by atoms with Crippen LogP contribution >= 0.6 is 0 Å². The Balaban J connectivity index is 2.25. The molecule has 0 aliphatic heterocycles. The van der Waals surface area contributed by atoms with E-state index in [9.17, 15) is 5.11 Å². The molecule has 0 amide bonds. The highest BCUT2D eigenvalue weighted by Crippen LogP contribution is 2.31. The number of phenolic OH excluding ortho intramolecular Hbond substituents is 1. The first kappa shape index (κ1) is 12.1. The molecule has 6 heteroatoms. The summed E-state index contributed by atoms with van der Waals surface area (Å²) in [4.78, 5) is 1.90. The Morgan fingerprint density at radius 1 is 1.22 bits per heavy atom. The highest BCUT2D eigenvalue weighted by Gasteiger charge is 2.03. The Kier molecular flexibility index (Phi) is 3.27. The summed E-state index contributed by atoms with van der Waals surface area (Å²) < 4.78 is 1.61.